The van der Waals surface area contributed by atoms with E-state index in [2.05, 4.69) is 31.3 Å². The van der Waals surface area contributed by atoms with Crippen molar-refractivity contribution in [1.29, 1.82) is 0 Å². The molecular formula is C14H21NO. The monoisotopic (exact) mass is 219 g/mol. The van der Waals surface area contributed by atoms with Crippen molar-refractivity contribution in [2.75, 3.05) is 6.61 Å². The van der Waals surface area contributed by atoms with Crippen molar-refractivity contribution in [1.82, 2.24) is 5.32 Å². The molecule has 1 aromatic carbocycles. The van der Waals surface area contributed by atoms with Crippen LogP contribution in [0.25, 0.3) is 0 Å². The summed E-state index contributed by atoms with van der Waals surface area (Å²) in [5.74, 6) is 0.956. The van der Waals surface area contributed by atoms with Crippen LogP contribution in [0, 0.1) is 5.41 Å². The molecular weight excluding hydrogens is 198 g/mol. The third kappa shape index (κ3) is 2.76. The Hall–Kier alpha value is -1.02. The Morgan fingerprint density at radius 1 is 1.31 bits per heavy atom. The molecule has 2 heteroatoms. The Bertz CT molecular complexity index is 342. The highest BCUT2D eigenvalue weighted by Crippen LogP contribution is 2.44. The lowest BCUT2D eigenvalue weighted by Crippen LogP contribution is -2.19. The quantitative estimate of drug-likeness (QED) is 0.822. The van der Waals surface area contributed by atoms with Gasteiger partial charge in [0.1, 0.15) is 5.75 Å². The van der Waals surface area contributed by atoms with Crippen molar-refractivity contribution < 1.29 is 4.74 Å². The normalized spacial score (nSPS) is 21.8. The molecule has 0 aliphatic heterocycles. The van der Waals surface area contributed by atoms with Crippen molar-refractivity contribution in [2.45, 2.75) is 39.8 Å². The zero-order valence-corrected chi connectivity index (χ0v) is 10.4. The van der Waals surface area contributed by atoms with Gasteiger partial charge in [0.2, 0.25) is 0 Å². The summed E-state index contributed by atoms with van der Waals surface area (Å²) < 4.78 is 5.41. The molecule has 88 valence electrons. The molecule has 0 spiro atoms. The van der Waals surface area contributed by atoms with Crippen LogP contribution < -0.4 is 10.1 Å². The molecule has 16 heavy (non-hydrogen) atoms. The number of rotatable bonds is 5. The Morgan fingerprint density at radius 3 is 2.44 bits per heavy atom. The highest BCUT2D eigenvalue weighted by atomic mass is 16.5. The molecule has 0 radical (unpaired) electrons. The Kier molecular flexibility index (Phi) is 3.20. The fourth-order valence-electron chi connectivity index (χ4n) is 1.93. The fraction of sp³-hybridized carbons (Fsp3) is 0.571. The van der Waals surface area contributed by atoms with Gasteiger partial charge in [-0.25, -0.2) is 0 Å². The maximum atomic E-state index is 5.41. The summed E-state index contributed by atoms with van der Waals surface area (Å²) in [7, 11) is 0. The molecule has 0 aromatic heterocycles. The van der Waals surface area contributed by atoms with Gasteiger partial charge in [0.05, 0.1) is 6.61 Å². The Morgan fingerprint density at radius 2 is 1.94 bits per heavy atom. The zero-order valence-electron chi connectivity index (χ0n) is 10.4. The van der Waals surface area contributed by atoms with Crippen molar-refractivity contribution in [3.8, 4) is 5.75 Å². The fourth-order valence-corrected chi connectivity index (χ4v) is 1.93. The van der Waals surface area contributed by atoms with E-state index in [0.717, 1.165) is 18.9 Å². The van der Waals surface area contributed by atoms with Gasteiger partial charge in [-0.15, -0.1) is 0 Å². The van der Waals surface area contributed by atoms with Gasteiger partial charge in [-0.2, -0.15) is 0 Å². The molecule has 0 saturated heterocycles. The molecule has 0 amide bonds. The number of hydrogen-bond donors (Lipinski definition) is 1. The molecule has 1 aromatic rings. The van der Waals surface area contributed by atoms with Crippen LogP contribution in [0.5, 0.6) is 5.75 Å². The van der Waals surface area contributed by atoms with Crippen LogP contribution >= 0.6 is 0 Å². The van der Waals surface area contributed by atoms with Crippen LogP contribution in [0.1, 0.15) is 32.8 Å². The molecule has 2 nitrogen and oxygen atoms in total. The van der Waals surface area contributed by atoms with E-state index in [1.165, 1.54) is 12.0 Å². The largest absolute Gasteiger partial charge is 0.494 e. The minimum atomic E-state index is 0.505. The lowest BCUT2D eigenvalue weighted by atomic mass is 10.2. The van der Waals surface area contributed by atoms with Crippen molar-refractivity contribution in [2.24, 2.45) is 5.41 Å². The first-order valence-corrected chi connectivity index (χ1v) is 6.07. The predicted molar refractivity (Wildman–Crippen MR) is 66.6 cm³/mol. The lowest BCUT2D eigenvalue weighted by Gasteiger charge is -2.08. The molecule has 0 bridgehead atoms. The first-order valence-electron chi connectivity index (χ1n) is 6.07. The summed E-state index contributed by atoms with van der Waals surface area (Å²) in [6, 6.07) is 9.04. The molecule has 1 saturated carbocycles. The van der Waals surface area contributed by atoms with E-state index in [4.69, 9.17) is 4.74 Å². The Labute approximate surface area is 98.0 Å². The van der Waals surface area contributed by atoms with Gasteiger partial charge in [-0.05, 0) is 36.5 Å². The van der Waals surface area contributed by atoms with Crippen LogP contribution in [-0.2, 0) is 6.54 Å². The first kappa shape index (κ1) is 11.5. The maximum absolute atomic E-state index is 5.41. The average Bonchev–Trinajstić information content (AvgIpc) is 2.86. The maximum Gasteiger partial charge on any atom is 0.119 e. The molecule has 1 aliphatic carbocycles. The molecule has 1 N–H and O–H groups in total. The predicted octanol–water partition coefficient (Wildman–Crippen LogP) is 2.97. The zero-order chi connectivity index (χ0) is 11.6. The molecule has 1 fully saturated rings. The molecule has 0 heterocycles. The van der Waals surface area contributed by atoms with Crippen LogP contribution in [0.2, 0.25) is 0 Å². The molecule has 1 aliphatic rings. The third-order valence-corrected chi connectivity index (χ3v) is 3.30. The van der Waals surface area contributed by atoms with Crippen molar-refractivity contribution >= 4 is 0 Å². The second kappa shape index (κ2) is 4.46. The van der Waals surface area contributed by atoms with E-state index in [1.807, 2.05) is 19.1 Å². The number of hydrogen-bond acceptors (Lipinski definition) is 2. The second-order valence-electron chi connectivity index (χ2n) is 5.20. The van der Waals surface area contributed by atoms with Crippen molar-refractivity contribution in [3.63, 3.8) is 0 Å². The van der Waals surface area contributed by atoms with E-state index in [0.29, 0.717) is 11.5 Å². The lowest BCUT2D eigenvalue weighted by molar-refractivity contribution is 0.340. The number of ether oxygens (including phenoxy) is 1. The standard InChI is InChI=1S/C14H21NO/c1-4-16-12-7-5-11(6-8-12)10-15-13-9-14(13,2)3/h5-8,13,15H,4,9-10H2,1-3H3. The van der Waals surface area contributed by atoms with Gasteiger partial charge in [0.25, 0.3) is 0 Å². The molecule has 1 atom stereocenters. The summed E-state index contributed by atoms with van der Waals surface area (Å²) in [6.45, 7) is 8.31. The molecule has 2 rings (SSSR count). The highest BCUT2D eigenvalue weighted by Gasteiger charge is 2.44. The summed E-state index contributed by atoms with van der Waals surface area (Å²) in [5.41, 5.74) is 1.83. The van der Waals surface area contributed by atoms with Gasteiger partial charge in [0, 0.05) is 12.6 Å². The summed E-state index contributed by atoms with van der Waals surface area (Å²) >= 11 is 0. The van der Waals surface area contributed by atoms with Crippen LogP contribution in [-0.4, -0.2) is 12.6 Å². The van der Waals surface area contributed by atoms with E-state index in [-0.39, 0.29) is 0 Å². The van der Waals surface area contributed by atoms with Crippen LogP contribution in [0.15, 0.2) is 24.3 Å². The second-order valence-corrected chi connectivity index (χ2v) is 5.20. The summed E-state index contributed by atoms with van der Waals surface area (Å²) in [6.07, 6.45) is 1.30. The number of benzene rings is 1. The van der Waals surface area contributed by atoms with Gasteiger partial charge in [-0.1, -0.05) is 26.0 Å². The average molecular weight is 219 g/mol. The number of nitrogens with one attached hydrogen (secondary N) is 1. The first-order chi connectivity index (χ1) is 7.62. The summed E-state index contributed by atoms with van der Waals surface area (Å²) in [5, 5.41) is 3.57. The van der Waals surface area contributed by atoms with E-state index in [1.54, 1.807) is 0 Å². The van der Waals surface area contributed by atoms with Crippen LogP contribution in [0.3, 0.4) is 0 Å². The van der Waals surface area contributed by atoms with Gasteiger partial charge >= 0.3 is 0 Å². The van der Waals surface area contributed by atoms with E-state index >= 15 is 0 Å². The minimum Gasteiger partial charge on any atom is -0.494 e. The van der Waals surface area contributed by atoms with E-state index < -0.39 is 0 Å². The van der Waals surface area contributed by atoms with Gasteiger partial charge < -0.3 is 10.1 Å². The van der Waals surface area contributed by atoms with Crippen molar-refractivity contribution in [3.05, 3.63) is 29.8 Å². The van der Waals surface area contributed by atoms with Gasteiger partial charge in [0.15, 0.2) is 0 Å². The topological polar surface area (TPSA) is 21.3 Å². The smallest absolute Gasteiger partial charge is 0.119 e. The van der Waals surface area contributed by atoms with Gasteiger partial charge in [-0.3, -0.25) is 0 Å². The SMILES string of the molecule is CCOc1ccc(CNC2CC2(C)C)cc1. The highest BCUT2D eigenvalue weighted by molar-refractivity contribution is 5.27. The third-order valence-electron chi connectivity index (χ3n) is 3.30. The Balaban J connectivity index is 1.81. The molecule has 1 unspecified atom stereocenters. The minimum absolute atomic E-state index is 0.505. The van der Waals surface area contributed by atoms with E-state index in [9.17, 15) is 0 Å². The summed E-state index contributed by atoms with van der Waals surface area (Å²) in [4.78, 5) is 0. The van der Waals surface area contributed by atoms with Crippen LogP contribution in [0.4, 0.5) is 0 Å².